The number of aryl methyl sites for hydroxylation is 1. The van der Waals surface area contributed by atoms with E-state index in [1.807, 2.05) is 6.92 Å². The summed E-state index contributed by atoms with van der Waals surface area (Å²) >= 11 is 0. The second-order valence-corrected chi connectivity index (χ2v) is 8.70. The van der Waals surface area contributed by atoms with Crippen molar-refractivity contribution in [2.24, 2.45) is 0 Å². The summed E-state index contributed by atoms with van der Waals surface area (Å²) in [5.74, 6) is -0.984. The van der Waals surface area contributed by atoms with Gasteiger partial charge in [-0.2, -0.15) is 4.31 Å². The van der Waals surface area contributed by atoms with E-state index in [0.29, 0.717) is 11.1 Å². The van der Waals surface area contributed by atoms with Crippen molar-refractivity contribution in [1.29, 1.82) is 0 Å². The number of rotatable bonds is 6. The number of sulfonamides is 1. The molecular formula is C19H21NO6S. The summed E-state index contributed by atoms with van der Waals surface area (Å²) in [7, 11) is -3.88. The van der Waals surface area contributed by atoms with E-state index in [0.717, 1.165) is 5.56 Å². The number of hydrogen-bond acceptors (Lipinski definition) is 6. The van der Waals surface area contributed by atoms with Gasteiger partial charge in [-0.15, -0.1) is 0 Å². The van der Waals surface area contributed by atoms with Crippen LogP contribution in [0.25, 0.3) is 0 Å². The normalized spacial score (nSPS) is 22.5. The molecule has 0 aromatic heterocycles. The number of nitrogens with zero attached hydrogens (tertiary/aromatic N) is 1. The molecule has 8 heteroatoms. The predicted octanol–water partition coefficient (Wildman–Crippen LogP) is 1.73. The van der Waals surface area contributed by atoms with Crippen LogP contribution in [0.3, 0.4) is 0 Å². The lowest BCUT2D eigenvalue weighted by Gasteiger charge is -2.27. The fraction of sp³-hybridized carbons (Fsp3) is 0.368. The van der Waals surface area contributed by atoms with Gasteiger partial charge in [0.05, 0.1) is 18.0 Å². The van der Waals surface area contributed by atoms with Crippen molar-refractivity contribution in [1.82, 2.24) is 4.31 Å². The van der Waals surface area contributed by atoms with Gasteiger partial charge in [0.1, 0.15) is 12.2 Å². The number of ether oxygens (including phenoxy) is 2. The van der Waals surface area contributed by atoms with Crippen LogP contribution in [0.5, 0.6) is 0 Å². The van der Waals surface area contributed by atoms with Gasteiger partial charge in [-0.05, 0) is 44.1 Å². The molecule has 0 N–H and O–H groups in total. The molecule has 7 nitrogen and oxygen atoms in total. The van der Waals surface area contributed by atoms with Gasteiger partial charge in [-0.3, -0.25) is 0 Å². The van der Waals surface area contributed by atoms with Crippen LogP contribution in [-0.2, 0) is 29.1 Å². The van der Waals surface area contributed by atoms with E-state index in [2.05, 4.69) is 0 Å². The molecule has 144 valence electrons. The molecule has 0 amide bonds. The predicted molar refractivity (Wildman–Crippen MR) is 97.2 cm³/mol. The summed E-state index contributed by atoms with van der Waals surface area (Å²) in [6, 6.07) is 6.49. The van der Waals surface area contributed by atoms with Crippen LogP contribution in [0, 0.1) is 6.92 Å². The van der Waals surface area contributed by atoms with Crippen LogP contribution in [0.2, 0.25) is 0 Å². The number of cyclic esters (lactones) is 2. The van der Waals surface area contributed by atoms with Gasteiger partial charge < -0.3 is 9.47 Å². The first kappa shape index (κ1) is 19.3. The lowest BCUT2D eigenvalue weighted by atomic mass is 10.1. The summed E-state index contributed by atoms with van der Waals surface area (Å²) in [6.45, 7) is 5.20. The van der Waals surface area contributed by atoms with Crippen molar-refractivity contribution < 1.29 is 27.5 Å². The van der Waals surface area contributed by atoms with E-state index in [-0.39, 0.29) is 18.0 Å². The van der Waals surface area contributed by atoms with Crippen LogP contribution in [0.15, 0.2) is 52.5 Å². The molecule has 0 saturated heterocycles. The lowest BCUT2D eigenvalue weighted by molar-refractivity contribution is -0.139. The monoisotopic (exact) mass is 391 g/mol. The minimum atomic E-state index is -3.88. The molecule has 2 aliphatic rings. The van der Waals surface area contributed by atoms with Crippen LogP contribution in [0.4, 0.5) is 0 Å². The first-order valence-corrected chi connectivity index (χ1v) is 9.95. The van der Waals surface area contributed by atoms with Crippen molar-refractivity contribution in [3.05, 3.63) is 53.1 Å². The van der Waals surface area contributed by atoms with E-state index in [4.69, 9.17) is 9.47 Å². The van der Waals surface area contributed by atoms with Crippen molar-refractivity contribution in [2.45, 2.75) is 37.9 Å². The SMILES string of the molecule is CC1=CC(=O)OC1CN(CC1OC(=O)C=C1C)S(=O)(=O)c1ccc(C)cc1. The average Bonchev–Trinajstić information content (AvgIpc) is 3.07. The van der Waals surface area contributed by atoms with Gasteiger partial charge >= 0.3 is 11.9 Å². The van der Waals surface area contributed by atoms with Crippen molar-refractivity contribution in [2.75, 3.05) is 13.1 Å². The van der Waals surface area contributed by atoms with Crippen molar-refractivity contribution in [3.8, 4) is 0 Å². The largest absolute Gasteiger partial charge is 0.453 e. The summed E-state index contributed by atoms with van der Waals surface area (Å²) in [5.41, 5.74) is 2.24. The standard InChI is InChI=1S/C19H21NO6S/c1-12-4-6-15(7-5-12)27(23,24)20(10-16-13(2)8-18(21)25-16)11-17-14(3)9-19(22)26-17/h4-9,16-17H,10-11H2,1-3H3. The zero-order valence-corrected chi connectivity index (χ0v) is 16.2. The minimum absolute atomic E-state index is 0.0500. The van der Waals surface area contributed by atoms with E-state index in [1.165, 1.54) is 28.6 Å². The molecule has 2 aliphatic heterocycles. The van der Waals surface area contributed by atoms with Gasteiger partial charge in [-0.25, -0.2) is 18.0 Å². The number of esters is 2. The molecule has 3 rings (SSSR count). The van der Waals surface area contributed by atoms with Crippen molar-refractivity contribution in [3.63, 3.8) is 0 Å². The number of carbonyl (C=O) groups excluding carboxylic acids is 2. The third-order valence-corrected chi connectivity index (χ3v) is 6.47. The Bertz CT molecular complexity index is 889. The molecule has 2 atom stereocenters. The third-order valence-electron chi connectivity index (χ3n) is 4.62. The van der Waals surface area contributed by atoms with Gasteiger partial charge in [0, 0.05) is 12.2 Å². The maximum absolute atomic E-state index is 13.2. The molecule has 1 aromatic rings. The first-order chi connectivity index (χ1) is 12.7. The zero-order valence-electron chi connectivity index (χ0n) is 15.3. The fourth-order valence-electron chi connectivity index (χ4n) is 2.95. The molecule has 27 heavy (non-hydrogen) atoms. The highest BCUT2D eigenvalue weighted by molar-refractivity contribution is 7.89. The van der Waals surface area contributed by atoms with Gasteiger partial charge in [0.25, 0.3) is 0 Å². The molecule has 2 heterocycles. The summed E-state index contributed by atoms with van der Waals surface area (Å²) in [5, 5.41) is 0. The summed E-state index contributed by atoms with van der Waals surface area (Å²) in [6.07, 6.45) is 1.36. The van der Waals surface area contributed by atoms with E-state index in [9.17, 15) is 18.0 Å². The summed E-state index contributed by atoms with van der Waals surface area (Å²) < 4.78 is 38.0. The van der Waals surface area contributed by atoms with Crippen LogP contribution in [-0.4, -0.2) is 50.0 Å². The number of carbonyl (C=O) groups is 2. The highest BCUT2D eigenvalue weighted by Crippen LogP contribution is 2.25. The van der Waals surface area contributed by atoms with Crippen LogP contribution in [0.1, 0.15) is 19.4 Å². The smallest absolute Gasteiger partial charge is 0.331 e. The Labute approximate surface area is 158 Å². The Morgan fingerprint density at radius 2 is 1.30 bits per heavy atom. The molecule has 0 bridgehead atoms. The van der Waals surface area contributed by atoms with Crippen LogP contribution < -0.4 is 0 Å². The number of hydrogen-bond donors (Lipinski definition) is 0. The number of benzene rings is 1. The Kier molecular flexibility index (Phi) is 5.21. The second kappa shape index (κ2) is 7.28. The fourth-order valence-corrected chi connectivity index (χ4v) is 4.40. The molecule has 0 spiro atoms. The highest BCUT2D eigenvalue weighted by Gasteiger charge is 2.35. The first-order valence-electron chi connectivity index (χ1n) is 8.51. The maximum Gasteiger partial charge on any atom is 0.331 e. The second-order valence-electron chi connectivity index (χ2n) is 6.76. The maximum atomic E-state index is 13.2. The molecule has 0 aliphatic carbocycles. The van der Waals surface area contributed by atoms with Gasteiger partial charge in [0.15, 0.2) is 0 Å². The van der Waals surface area contributed by atoms with E-state index in [1.54, 1.807) is 26.0 Å². The molecular weight excluding hydrogens is 370 g/mol. The molecule has 0 saturated carbocycles. The Hall–Kier alpha value is -2.45. The third kappa shape index (κ3) is 4.12. The Morgan fingerprint density at radius 1 is 0.852 bits per heavy atom. The molecule has 0 fully saturated rings. The van der Waals surface area contributed by atoms with Gasteiger partial charge in [-0.1, -0.05) is 17.7 Å². The Morgan fingerprint density at radius 3 is 1.67 bits per heavy atom. The van der Waals surface area contributed by atoms with Gasteiger partial charge in [0.2, 0.25) is 10.0 Å². The van der Waals surface area contributed by atoms with Crippen LogP contribution >= 0.6 is 0 Å². The molecule has 2 unspecified atom stereocenters. The van der Waals surface area contributed by atoms with E-state index >= 15 is 0 Å². The molecule has 1 aromatic carbocycles. The zero-order chi connectivity index (χ0) is 19.8. The quantitative estimate of drug-likeness (QED) is 0.686. The minimum Gasteiger partial charge on any atom is -0.453 e. The topological polar surface area (TPSA) is 90.0 Å². The lowest BCUT2D eigenvalue weighted by Crippen LogP contribution is -2.43. The molecule has 0 radical (unpaired) electrons. The highest BCUT2D eigenvalue weighted by atomic mass is 32.2. The average molecular weight is 391 g/mol. The summed E-state index contributed by atoms with van der Waals surface area (Å²) in [4.78, 5) is 23.1. The Balaban J connectivity index is 1.90. The van der Waals surface area contributed by atoms with E-state index < -0.39 is 34.2 Å². The van der Waals surface area contributed by atoms with Crippen molar-refractivity contribution >= 4 is 22.0 Å².